The van der Waals surface area contributed by atoms with Gasteiger partial charge in [0.25, 0.3) is 0 Å². The lowest BCUT2D eigenvalue weighted by molar-refractivity contribution is -0.167. The molecule has 374 valence electrons. The quantitative estimate of drug-likeness (QED) is 0.0344. The Bertz CT molecular complexity index is 951. The van der Waals surface area contributed by atoms with E-state index in [4.69, 9.17) is 14.2 Å². The fourth-order valence-corrected chi connectivity index (χ4v) is 8.72. The van der Waals surface area contributed by atoms with Gasteiger partial charge in [0.1, 0.15) is 13.2 Å². The maximum atomic E-state index is 12.8. The first-order chi connectivity index (χ1) is 30.9. The van der Waals surface area contributed by atoms with Crippen molar-refractivity contribution in [1.82, 2.24) is 0 Å². The standard InChI is InChI=1S/C57H110O6/c1-5-8-10-12-14-16-18-20-21-22-23-24-26-27-32-36-40-44-48-55(58)61-51-54(63-57(60)50-46-42-38-34-28-25-19-17-15-13-11-9-6-2)52-62-56(59)49-45-41-37-33-30-29-31-35-39-43-47-53(4)7-3/h53-54H,5-52H2,1-4H3/t53?,54-/m1/s1. The number of hydrogen-bond acceptors (Lipinski definition) is 6. The Balaban J connectivity index is 4.28. The normalized spacial score (nSPS) is 12.4. The van der Waals surface area contributed by atoms with Crippen LogP contribution in [0, 0.1) is 5.92 Å². The Labute approximate surface area is 393 Å². The summed E-state index contributed by atoms with van der Waals surface area (Å²) in [6.45, 7) is 9.07. The highest BCUT2D eigenvalue weighted by Crippen LogP contribution is 2.18. The Hall–Kier alpha value is -1.59. The van der Waals surface area contributed by atoms with Crippen molar-refractivity contribution in [3.63, 3.8) is 0 Å². The third-order valence-corrected chi connectivity index (χ3v) is 13.4. The van der Waals surface area contributed by atoms with Gasteiger partial charge in [0.05, 0.1) is 0 Å². The van der Waals surface area contributed by atoms with Crippen LogP contribution in [-0.2, 0) is 28.6 Å². The van der Waals surface area contributed by atoms with Crippen LogP contribution in [0.25, 0.3) is 0 Å². The van der Waals surface area contributed by atoms with Crippen LogP contribution in [0.4, 0.5) is 0 Å². The maximum Gasteiger partial charge on any atom is 0.306 e. The number of unbranched alkanes of at least 4 members (excludes halogenated alkanes) is 38. The molecular weight excluding hydrogens is 781 g/mol. The number of carbonyl (C=O) groups is 3. The van der Waals surface area contributed by atoms with Gasteiger partial charge in [-0.3, -0.25) is 14.4 Å². The van der Waals surface area contributed by atoms with E-state index in [2.05, 4.69) is 27.7 Å². The summed E-state index contributed by atoms with van der Waals surface area (Å²) in [5, 5.41) is 0. The summed E-state index contributed by atoms with van der Waals surface area (Å²) >= 11 is 0. The van der Waals surface area contributed by atoms with Gasteiger partial charge in [-0.25, -0.2) is 0 Å². The van der Waals surface area contributed by atoms with Gasteiger partial charge in [-0.15, -0.1) is 0 Å². The minimum atomic E-state index is -0.761. The van der Waals surface area contributed by atoms with Crippen LogP contribution in [0.5, 0.6) is 0 Å². The molecular formula is C57H110O6. The third-order valence-electron chi connectivity index (χ3n) is 13.4. The minimum Gasteiger partial charge on any atom is -0.462 e. The molecule has 0 aromatic carbocycles. The monoisotopic (exact) mass is 891 g/mol. The van der Waals surface area contributed by atoms with Crippen LogP contribution in [0.2, 0.25) is 0 Å². The summed E-state index contributed by atoms with van der Waals surface area (Å²) in [5.41, 5.74) is 0. The SMILES string of the molecule is CCCCCCCCCCCCCCCCCCCCC(=O)OC[C@H](COC(=O)CCCCCCCCCCCCC(C)CC)OC(=O)CCCCCCCCCCCCCCC. The molecule has 63 heavy (non-hydrogen) atoms. The lowest BCUT2D eigenvalue weighted by Gasteiger charge is -2.18. The molecule has 0 N–H and O–H groups in total. The first-order valence-electron chi connectivity index (χ1n) is 28.4. The van der Waals surface area contributed by atoms with Crippen molar-refractivity contribution >= 4 is 17.9 Å². The second kappa shape index (κ2) is 51.4. The zero-order valence-electron chi connectivity index (χ0n) is 43.0. The molecule has 1 unspecified atom stereocenters. The molecule has 0 spiro atoms. The fourth-order valence-electron chi connectivity index (χ4n) is 8.72. The molecule has 0 saturated carbocycles. The Morgan fingerprint density at radius 3 is 0.825 bits per heavy atom. The van der Waals surface area contributed by atoms with E-state index in [0.717, 1.165) is 63.7 Å². The van der Waals surface area contributed by atoms with Crippen molar-refractivity contribution < 1.29 is 28.6 Å². The average molecular weight is 892 g/mol. The maximum absolute atomic E-state index is 12.8. The number of esters is 3. The summed E-state index contributed by atoms with van der Waals surface area (Å²) in [4.78, 5) is 38.1. The van der Waals surface area contributed by atoms with Gasteiger partial charge in [-0.1, -0.05) is 285 Å². The molecule has 0 aromatic rings. The molecule has 0 aromatic heterocycles. The number of ether oxygens (including phenoxy) is 3. The van der Waals surface area contributed by atoms with Crippen LogP contribution < -0.4 is 0 Å². The fraction of sp³-hybridized carbons (Fsp3) is 0.947. The van der Waals surface area contributed by atoms with E-state index in [0.29, 0.717) is 19.3 Å². The van der Waals surface area contributed by atoms with E-state index in [1.807, 2.05) is 0 Å². The molecule has 0 aliphatic heterocycles. The van der Waals surface area contributed by atoms with E-state index in [1.165, 1.54) is 218 Å². The molecule has 0 radical (unpaired) electrons. The Kier molecular flexibility index (Phi) is 50.1. The first-order valence-corrected chi connectivity index (χ1v) is 28.4. The highest BCUT2D eigenvalue weighted by molar-refractivity contribution is 5.71. The van der Waals surface area contributed by atoms with Crippen LogP contribution in [0.15, 0.2) is 0 Å². The smallest absolute Gasteiger partial charge is 0.306 e. The van der Waals surface area contributed by atoms with E-state index < -0.39 is 6.10 Å². The summed E-state index contributed by atoms with van der Waals surface area (Å²) < 4.78 is 16.9. The van der Waals surface area contributed by atoms with Crippen LogP contribution >= 0.6 is 0 Å². The van der Waals surface area contributed by atoms with Crippen molar-refractivity contribution in [1.29, 1.82) is 0 Å². The highest BCUT2D eigenvalue weighted by atomic mass is 16.6. The molecule has 0 saturated heterocycles. The van der Waals surface area contributed by atoms with Gasteiger partial charge in [-0.2, -0.15) is 0 Å². The molecule has 0 heterocycles. The average Bonchev–Trinajstić information content (AvgIpc) is 3.28. The van der Waals surface area contributed by atoms with Gasteiger partial charge < -0.3 is 14.2 Å². The van der Waals surface area contributed by atoms with Crippen molar-refractivity contribution in [2.24, 2.45) is 5.92 Å². The van der Waals surface area contributed by atoms with E-state index in [9.17, 15) is 14.4 Å². The number of rotatable bonds is 52. The molecule has 0 amide bonds. The lowest BCUT2D eigenvalue weighted by Crippen LogP contribution is -2.30. The number of hydrogen-bond donors (Lipinski definition) is 0. The summed E-state index contributed by atoms with van der Waals surface area (Å²) in [6.07, 6.45) is 55.1. The van der Waals surface area contributed by atoms with Crippen molar-refractivity contribution in [2.45, 2.75) is 329 Å². The van der Waals surface area contributed by atoms with Crippen LogP contribution in [-0.4, -0.2) is 37.2 Å². The topological polar surface area (TPSA) is 78.9 Å². The molecule has 6 heteroatoms. The van der Waals surface area contributed by atoms with E-state index in [1.54, 1.807) is 0 Å². The van der Waals surface area contributed by atoms with Crippen molar-refractivity contribution in [2.75, 3.05) is 13.2 Å². The second-order valence-corrected chi connectivity index (χ2v) is 19.8. The molecule has 0 aliphatic carbocycles. The highest BCUT2D eigenvalue weighted by Gasteiger charge is 2.19. The van der Waals surface area contributed by atoms with Crippen LogP contribution in [0.3, 0.4) is 0 Å². The van der Waals surface area contributed by atoms with E-state index in [-0.39, 0.29) is 31.1 Å². The van der Waals surface area contributed by atoms with Crippen molar-refractivity contribution in [3.8, 4) is 0 Å². The molecule has 0 rings (SSSR count). The molecule has 6 nitrogen and oxygen atoms in total. The Morgan fingerprint density at radius 2 is 0.556 bits per heavy atom. The third kappa shape index (κ3) is 49.7. The van der Waals surface area contributed by atoms with Crippen LogP contribution in [0.1, 0.15) is 323 Å². The molecule has 0 bridgehead atoms. The second-order valence-electron chi connectivity index (χ2n) is 19.8. The Morgan fingerprint density at radius 1 is 0.317 bits per heavy atom. The lowest BCUT2D eigenvalue weighted by atomic mass is 9.99. The van der Waals surface area contributed by atoms with Gasteiger partial charge in [-0.05, 0) is 25.2 Å². The van der Waals surface area contributed by atoms with Gasteiger partial charge in [0.2, 0.25) is 0 Å². The number of carbonyl (C=O) groups excluding carboxylic acids is 3. The minimum absolute atomic E-state index is 0.0621. The predicted molar refractivity (Wildman–Crippen MR) is 270 cm³/mol. The molecule has 2 atom stereocenters. The van der Waals surface area contributed by atoms with Gasteiger partial charge >= 0.3 is 17.9 Å². The van der Waals surface area contributed by atoms with Gasteiger partial charge in [0, 0.05) is 19.3 Å². The van der Waals surface area contributed by atoms with Crippen molar-refractivity contribution in [3.05, 3.63) is 0 Å². The largest absolute Gasteiger partial charge is 0.462 e. The first kappa shape index (κ1) is 61.4. The zero-order chi connectivity index (χ0) is 45.9. The summed E-state index contributed by atoms with van der Waals surface area (Å²) in [5.74, 6) is 0.0319. The predicted octanol–water partition coefficient (Wildman–Crippen LogP) is 18.6. The summed E-state index contributed by atoms with van der Waals surface area (Å²) in [7, 11) is 0. The molecule has 0 fully saturated rings. The molecule has 0 aliphatic rings. The zero-order valence-corrected chi connectivity index (χ0v) is 43.0. The van der Waals surface area contributed by atoms with Gasteiger partial charge in [0.15, 0.2) is 6.10 Å². The summed E-state index contributed by atoms with van der Waals surface area (Å²) in [6, 6.07) is 0. The van der Waals surface area contributed by atoms with E-state index >= 15 is 0 Å².